The zero-order valence-corrected chi connectivity index (χ0v) is 7.01. The van der Waals surface area contributed by atoms with Crippen molar-refractivity contribution >= 4 is 6.41 Å². The minimum atomic E-state index is 0.786. The van der Waals surface area contributed by atoms with Crippen LogP contribution >= 0.6 is 0 Å². The van der Waals surface area contributed by atoms with Crippen LogP contribution in [0.4, 0.5) is 0 Å². The van der Waals surface area contributed by atoms with Crippen molar-refractivity contribution in [1.82, 2.24) is 5.32 Å². The molecule has 1 aliphatic carbocycles. The fourth-order valence-electron chi connectivity index (χ4n) is 1.85. The van der Waals surface area contributed by atoms with Crippen LogP contribution in [0.2, 0.25) is 0 Å². The van der Waals surface area contributed by atoms with Gasteiger partial charge >= 0.3 is 0 Å². The molecular weight excluding hydrogens is 138 g/mol. The van der Waals surface area contributed by atoms with Crippen LogP contribution in [0.25, 0.3) is 0 Å². The van der Waals surface area contributed by atoms with Crippen LogP contribution in [0.5, 0.6) is 0 Å². The molecule has 0 aromatic heterocycles. The number of nitrogens with one attached hydrogen (secondary N) is 1. The van der Waals surface area contributed by atoms with Gasteiger partial charge in [-0.25, -0.2) is 0 Å². The Balaban J connectivity index is 1.89. The molecule has 0 heterocycles. The topological polar surface area (TPSA) is 29.1 Å². The van der Waals surface area contributed by atoms with Crippen molar-refractivity contribution in [3.8, 4) is 0 Å². The van der Waals surface area contributed by atoms with Crippen molar-refractivity contribution in [2.75, 3.05) is 6.54 Å². The molecule has 0 aromatic rings. The average molecular weight is 155 g/mol. The number of hydrogen-bond acceptors (Lipinski definition) is 1. The quantitative estimate of drug-likeness (QED) is 0.475. The van der Waals surface area contributed by atoms with Gasteiger partial charge in [0.15, 0.2) is 0 Å². The molecule has 1 amide bonds. The third-order valence-corrected chi connectivity index (χ3v) is 2.49. The Bertz CT molecular complexity index is 108. The van der Waals surface area contributed by atoms with E-state index < -0.39 is 0 Å². The molecule has 1 rings (SSSR count). The first-order valence-corrected chi connectivity index (χ1v) is 4.60. The summed E-state index contributed by atoms with van der Waals surface area (Å²) in [5, 5.41) is 2.69. The second-order valence-electron chi connectivity index (χ2n) is 3.36. The highest BCUT2D eigenvalue weighted by atomic mass is 16.1. The van der Waals surface area contributed by atoms with E-state index in [0.717, 1.165) is 25.3 Å². The first-order chi connectivity index (χ1) is 5.43. The second kappa shape index (κ2) is 5.16. The van der Waals surface area contributed by atoms with E-state index in [9.17, 15) is 4.79 Å². The van der Waals surface area contributed by atoms with E-state index in [0.29, 0.717) is 0 Å². The molecule has 1 aliphatic rings. The summed E-state index contributed by atoms with van der Waals surface area (Å²) in [6.45, 7) is 0.861. The fraction of sp³-hybridized carbons (Fsp3) is 0.889. The maximum atomic E-state index is 9.89. The molecule has 2 nitrogen and oxygen atoms in total. The zero-order valence-electron chi connectivity index (χ0n) is 7.01. The molecule has 0 spiro atoms. The molecule has 0 radical (unpaired) electrons. The molecule has 64 valence electrons. The summed E-state index contributed by atoms with van der Waals surface area (Å²) in [4.78, 5) is 9.89. The molecule has 1 fully saturated rings. The van der Waals surface area contributed by atoms with E-state index >= 15 is 0 Å². The van der Waals surface area contributed by atoms with Crippen molar-refractivity contribution in [2.45, 2.75) is 38.5 Å². The standard InChI is InChI=1S/C9H17NO/c11-8-10-7-3-6-9-4-1-2-5-9/h8-9H,1-7H2,(H,10,11). The molecule has 0 atom stereocenters. The number of rotatable bonds is 5. The number of amides is 1. The minimum Gasteiger partial charge on any atom is -0.359 e. The highest BCUT2D eigenvalue weighted by Gasteiger charge is 2.13. The lowest BCUT2D eigenvalue weighted by Crippen LogP contribution is -2.12. The van der Waals surface area contributed by atoms with E-state index in [1.165, 1.54) is 32.1 Å². The molecular formula is C9H17NO. The van der Waals surface area contributed by atoms with Crippen LogP contribution in [-0.4, -0.2) is 13.0 Å². The Morgan fingerprint density at radius 2 is 2.09 bits per heavy atom. The maximum absolute atomic E-state index is 9.89. The highest BCUT2D eigenvalue weighted by Crippen LogP contribution is 2.28. The van der Waals surface area contributed by atoms with Crippen molar-refractivity contribution in [1.29, 1.82) is 0 Å². The number of carbonyl (C=O) groups is 1. The van der Waals surface area contributed by atoms with Crippen molar-refractivity contribution in [3.05, 3.63) is 0 Å². The van der Waals surface area contributed by atoms with Gasteiger partial charge in [0.25, 0.3) is 0 Å². The van der Waals surface area contributed by atoms with E-state index in [-0.39, 0.29) is 0 Å². The monoisotopic (exact) mass is 155 g/mol. The lowest BCUT2D eigenvalue weighted by molar-refractivity contribution is -0.109. The summed E-state index contributed by atoms with van der Waals surface area (Å²) in [5.74, 6) is 0.962. The van der Waals surface area contributed by atoms with E-state index in [4.69, 9.17) is 0 Å². The van der Waals surface area contributed by atoms with Crippen LogP contribution in [0, 0.1) is 5.92 Å². The molecule has 0 aliphatic heterocycles. The number of carbonyl (C=O) groups excluding carboxylic acids is 1. The lowest BCUT2D eigenvalue weighted by atomic mass is 10.0. The molecule has 0 unspecified atom stereocenters. The first-order valence-electron chi connectivity index (χ1n) is 4.60. The predicted molar refractivity (Wildman–Crippen MR) is 45.3 cm³/mol. The third kappa shape index (κ3) is 3.40. The molecule has 2 heteroatoms. The van der Waals surface area contributed by atoms with Gasteiger partial charge in [-0.3, -0.25) is 4.79 Å². The van der Waals surface area contributed by atoms with Crippen LogP contribution in [0.15, 0.2) is 0 Å². The molecule has 0 saturated heterocycles. The smallest absolute Gasteiger partial charge is 0.207 e. The van der Waals surface area contributed by atoms with Gasteiger partial charge in [-0.2, -0.15) is 0 Å². The summed E-state index contributed by atoms with van der Waals surface area (Å²) in [6, 6.07) is 0. The molecule has 11 heavy (non-hydrogen) atoms. The van der Waals surface area contributed by atoms with Crippen LogP contribution in [0.1, 0.15) is 38.5 Å². The summed E-state index contributed by atoms with van der Waals surface area (Å²) in [5.41, 5.74) is 0. The Kier molecular flexibility index (Phi) is 4.02. The van der Waals surface area contributed by atoms with Crippen LogP contribution in [0.3, 0.4) is 0 Å². The van der Waals surface area contributed by atoms with E-state index in [2.05, 4.69) is 5.32 Å². The average Bonchev–Trinajstić information content (AvgIpc) is 2.50. The minimum absolute atomic E-state index is 0.786. The fourth-order valence-corrected chi connectivity index (χ4v) is 1.85. The van der Waals surface area contributed by atoms with Crippen LogP contribution in [-0.2, 0) is 4.79 Å². The van der Waals surface area contributed by atoms with E-state index in [1.807, 2.05) is 0 Å². The van der Waals surface area contributed by atoms with Gasteiger partial charge in [-0.05, 0) is 18.8 Å². The predicted octanol–water partition coefficient (Wildman–Crippen LogP) is 1.70. The Morgan fingerprint density at radius 3 is 2.73 bits per heavy atom. The highest BCUT2D eigenvalue weighted by molar-refractivity contribution is 5.45. The molecule has 1 saturated carbocycles. The second-order valence-corrected chi connectivity index (χ2v) is 3.36. The SMILES string of the molecule is O=CNCCCC1CCCC1. The summed E-state index contributed by atoms with van der Waals surface area (Å²) in [6.07, 6.45) is 8.93. The summed E-state index contributed by atoms with van der Waals surface area (Å²) >= 11 is 0. The Hall–Kier alpha value is -0.530. The van der Waals surface area contributed by atoms with E-state index in [1.54, 1.807) is 0 Å². The van der Waals surface area contributed by atoms with Gasteiger partial charge < -0.3 is 5.32 Å². The van der Waals surface area contributed by atoms with Gasteiger partial charge in [-0.1, -0.05) is 25.7 Å². The molecule has 0 aromatic carbocycles. The summed E-state index contributed by atoms with van der Waals surface area (Å²) < 4.78 is 0. The summed E-state index contributed by atoms with van der Waals surface area (Å²) in [7, 11) is 0. The largest absolute Gasteiger partial charge is 0.359 e. The van der Waals surface area contributed by atoms with Gasteiger partial charge in [0.05, 0.1) is 0 Å². The Morgan fingerprint density at radius 1 is 1.36 bits per heavy atom. The van der Waals surface area contributed by atoms with Gasteiger partial charge in [0.1, 0.15) is 0 Å². The van der Waals surface area contributed by atoms with Crippen molar-refractivity contribution in [3.63, 3.8) is 0 Å². The van der Waals surface area contributed by atoms with Crippen molar-refractivity contribution < 1.29 is 4.79 Å². The molecule has 0 bridgehead atoms. The van der Waals surface area contributed by atoms with Crippen molar-refractivity contribution in [2.24, 2.45) is 5.92 Å². The van der Waals surface area contributed by atoms with Crippen LogP contribution < -0.4 is 5.32 Å². The van der Waals surface area contributed by atoms with Gasteiger partial charge in [-0.15, -0.1) is 0 Å². The maximum Gasteiger partial charge on any atom is 0.207 e. The third-order valence-electron chi connectivity index (χ3n) is 2.49. The van der Waals surface area contributed by atoms with Gasteiger partial charge in [0.2, 0.25) is 6.41 Å². The Labute approximate surface area is 68.4 Å². The molecule has 1 N–H and O–H groups in total. The number of hydrogen-bond donors (Lipinski definition) is 1. The normalized spacial score (nSPS) is 18.5. The zero-order chi connectivity index (χ0) is 7.94. The van der Waals surface area contributed by atoms with Gasteiger partial charge in [0, 0.05) is 6.54 Å². The first kappa shape index (κ1) is 8.57. The lowest BCUT2D eigenvalue weighted by Gasteiger charge is -2.06.